The number of carbonyl (C=O) groups is 1. The van der Waals surface area contributed by atoms with Gasteiger partial charge in [-0.05, 0) is 49.9 Å². The van der Waals surface area contributed by atoms with E-state index in [1.165, 1.54) is 0 Å². The molecule has 1 aliphatic rings. The van der Waals surface area contributed by atoms with Crippen molar-refractivity contribution in [2.45, 2.75) is 26.2 Å². The Balaban J connectivity index is 1.91. The Morgan fingerprint density at radius 1 is 1.27 bits per heavy atom. The second-order valence-electron chi connectivity index (χ2n) is 5.89. The van der Waals surface area contributed by atoms with Gasteiger partial charge in [-0.25, -0.2) is 0 Å². The van der Waals surface area contributed by atoms with Crippen LogP contribution >= 0.6 is 0 Å². The van der Waals surface area contributed by atoms with Crippen molar-refractivity contribution < 1.29 is 14.3 Å². The summed E-state index contributed by atoms with van der Waals surface area (Å²) in [5, 5.41) is 6.31. The molecule has 1 atom stereocenters. The number of rotatable bonds is 6. The van der Waals surface area contributed by atoms with Gasteiger partial charge >= 0.3 is 0 Å². The van der Waals surface area contributed by atoms with Gasteiger partial charge in [0.25, 0.3) is 0 Å². The average Bonchev–Trinajstić information content (AvgIpc) is 2.55. The van der Waals surface area contributed by atoms with Gasteiger partial charge in [0.05, 0.1) is 14.2 Å². The summed E-state index contributed by atoms with van der Waals surface area (Å²) in [6.07, 6.45) is 2.87. The van der Waals surface area contributed by atoms with Crippen LogP contribution in [0.5, 0.6) is 11.5 Å². The largest absolute Gasteiger partial charge is 0.493 e. The Morgan fingerprint density at radius 2 is 1.95 bits per heavy atom. The van der Waals surface area contributed by atoms with E-state index in [9.17, 15) is 4.79 Å². The summed E-state index contributed by atoms with van der Waals surface area (Å²) in [6.45, 7) is 4.29. The molecule has 1 aromatic rings. The highest BCUT2D eigenvalue weighted by molar-refractivity contribution is 5.91. The van der Waals surface area contributed by atoms with Crippen molar-refractivity contribution in [1.29, 1.82) is 0 Å². The van der Waals surface area contributed by atoms with Crippen molar-refractivity contribution in [3.8, 4) is 11.5 Å². The van der Waals surface area contributed by atoms with Crippen molar-refractivity contribution in [3.63, 3.8) is 0 Å². The van der Waals surface area contributed by atoms with Crippen LogP contribution in [0.4, 0.5) is 5.69 Å². The first-order valence-corrected chi connectivity index (χ1v) is 7.86. The number of carbonyl (C=O) groups excluding carboxylic acids is 1. The topological polar surface area (TPSA) is 59.6 Å². The molecule has 0 aromatic heterocycles. The van der Waals surface area contributed by atoms with Crippen molar-refractivity contribution in [2.75, 3.05) is 32.6 Å². The molecule has 0 radical (unpaired) electrons. The molecular formula is C17H26N2O3. The number of amides is 1. The van der Waals surface area contributed by atoms with Crippen molar-refractivity contribution >= 4 is 11.6 Å². The van der Waals surface area contributed by atoms with Gasteiger partial charge in [0.15, 0.2) is 11.5 Å². The lowest BCUT2D eigenvalue weighted by atomic mass is 9.84. The minimum Gasteiger partial charge on any atom is -0.493 e. The van der Waals surface area contributed by atoms with Gasteiger partial charge in [-0.15, -0.1) is 0 Å². The average molecular weight is 306 g/mol. The molecule has 5 heteroatoms. The lowest BCUT2D eigenvalue weighted by Crippen LogP contribution is -2.32. The second-order valence-corrected chi connectivity index (χ2v) is 5.89. The van der Waals surface area contributed by atoms with Crippen molar-refractivity contribution in [2.24, 2.45) is 11.8 Å². The van der Waals surface area contributed by atoms with Crippen LogP contribution in [-0.4, -0.2) is 33.2 Å². The molecule has 0 spiro atoms. The van der Waals surface area contributed by atoms with E-state index in [1.54, 1.807) is 26.4 Å². The molecule has 1 fully saturated rings. The van der Waals surface area contributed by atoms with E-state index >= 15 is 0 Å². The summed E-state index contributed by atoms with van der Waals surface area (Å²) in [5.41, 5.74) is 0.736. The van der Waals surface area contributed by atoms with Gasteiger partial charge in [0.2, 0.25) is 5.91 Å². The maximum absolute atomic E-state index is 12.2. The Labute approximate surface area is 132 Å². The van der Waals surface area contributed by atoms with Gasteiger partial charge in [0.1, 0.15) is 0 Å². The van der Waals surface area contributed by atoms with Gasteiger partial charge in [0, 0.05) is 18.2 Å². The molecule has 1 unspecified atom stereocenters. The minimum absolute atomic E-state index is 0.0539. The summed E-state index contributed by atoms with van der Waals surface area (Å²) in [7, 11) is 3.18. The summed E-state index contributed by atoms with van der Waals surface area (Å²) in [4.78, 5) is 12.2. The molecule has 2 rings (SSSR count). The quantitative estimate of drug-likeness (QED) is 0.848. The highest BCUT2D eigenvalue weighted by Crippen LogP contribution is 2.30. The van der Waals surface area contributed by atoms with Crippen LogP contribution < -0.4 is 20.1 Å². The Bertz CT molecular complexity index is 499. The molecule has 0 bridgehead atoms. The van der Waals surface area contributed by atoms with Gasteiger partial charge < -0.3 is 20.1 Å². The van der Waals surface area contributed by atoms with Crippen LogP contribution in [0.15, 0.2) is 18.2 Å². The molecule has 1 aromatic carbocycles. The Kier molecular flexibility index (Phi) is 6.07. The van der Waals surface area contributed by atoms with Gasteiger partial charge in [-0.2, -0.15) is 0 Å². The third-order valence-electron chi connectivity index (χ3n) is 4.36. The lowest BCUT2D eigenvalue weighted by Gasteiger charge is -2.27. The first-order valence-electron chi connectivity index (χ1n) is 7.86. The van der Waals surface area contributed by atoms with E-state index in [2.05, 4.69) is 17.6 Å². The van der Waals surface area contributed by atoms with E-state index in [4.69, 9.17) is 9.47 Å². The lowest BCUT2D eigenvalue weighted by molar-refractivity contribution is -0.117. The van der Waals surface area contributed by atoms with Crippen LogP contribution in [0.1, 0.15) is 26.2 Å². The molecule has 2 N–H and O–H groups in total. The number of hydrogen-bond donors (Lipinski definition) is 2. The number of anilines is 1. The Hall–Kier alpha value is -1.75. The molecular weight excluding hydrogens is 280 g/mol. The molecule has 5 nitrogen and oxygen atoms in total. The van der Waals surface area contributed by atoms with E-state index in [1.807, 2.05) is 6.07 Å². The minimum atomic E-state index is 0.0539. The smallest absolute Gasteiger partial charge is 0.224 e. The highest BCUT2D eigenvalue weighted by atomic mass is 16.5. The fraction of sp³-hybridized carbons (Fsp3) is 0.588. The zero-order valence-corrected chi connectivity index (χ0v) is 13.6. The number of piperidine rings is 1. The number of methoxy groups -OCH3 is 2. The second kappa shape index (κ2) is 8.03. The van der Waals surface area contributed by atoms with Crippen LogP contribution in [0.2, 0.25) is 0 Å². The van der Waals surface area contributed by atoms with E-state index in [-0.39, 0.29) is 5.91 Å². The molecule has 1 aliphatic heterocycles. The summed E-state index contributed by atoms with van der Waals surface area (Å²) in [6, 6.07) is 5.41. The molecule has 0 saturated carbocycles. The normalized spacial score (nSPS) is 16.9. The maximum Gasteiger partial charge on any atom is 0.224 e. The summed E-state index contributed by atoms with van der Waals surface area (Å²) in [5.74, 6) is 2.37. The molecule has 0 aliphatic carbocycles. The predicted molar refractivity (Wildman–Crippen MR) is 87.6 cm³/mol. The summed E-state index contributed by atoms with van der Waals surface area (Å²) >= 11 is 0. The zero-order valence-electron chi connectivity index (χ0n) is 13.6. The molecule has 122 valence electrons. The van der Waals surface area contributed by atoms with Crippen molar-refractivity contribution in [3.05, 3.63) is 18.2 Å². The number of hydrogen-bond acceptors (Lipinski definition) is 4. The van der Waals surface area contributed by atoms with Gasteiger partial charge in [-0.1, -0.05) is 6.92 Å². The number of benzene rings is 1. The fourth-order valence-electron chi connectivity index (χ4n) is 3.00. The van der Waals surface area contributed by atoms with E-state index in [0.717, 1.165) is 31.6 Å². The SMILES string of the molecule is COc1ccc(NC(=O)CC(C)C2CCNCC2)cc1OC. The standard InChI is InChI=1S/C17H26N2O3/c1-12(13-6-8-18-9-7-13)10-17(20)19-14-4-5-15(21-2)16(11-14)22-3/h4-5,11-13,18H,6-10H2,1-3H3,(H,19,20). The van der Waals surface area contributed by atoms with Crippen LogP contribution in [0.25, 0.3) is 0 Å². The number of nitrogens with one attached hydrogen (secondary N) is 2. The molecule has 1 saturated heterocycles. The van der Waals surface area contributed by atoms with Crippen LogP contribution in [-0.2, 0) is 4.79 Å². The van der Waals surface area contributed by atoms with Crippen LogP contribution in [0, 0.1) is 11.8 Å². The van der Waals surface area contributed by atoms with Gasteiger partial charge in [-0.3, -0.25) is 4.79 Å². The molecule has 1 heterocycles. The first-order chi connectivity index (χ1) is 10.6. The zero-order chi connectivity index (χ0) is 15.9. The van der Waals surface area contributed by atoms with Crippen LogP contribution in [0.3, 0.4) is 0 Å². The monoisotopic (exact) mass is 306 g/mol. The third-order valence-corrected chi connectivity index (χ3v) is 4.36. The van der Waals surface area contributed by atoms with E-state index < -0.39 is 0 Å². The molecule has 1 amide bonds. The van der Waals surface area contributed by atoms with Crippen molar-refractivity contribution in [1.82, 2.24) is 5.32 Å². The first kappa shape index (κ1) is 16.6. The van der Waals surface area contributed by atoms with E-state index in [0.29, 0.717) is 29.8 Å². The number of ether oxygens (including phenoxy) is 2. The third kappa shape index (κ3) is 4.37. The Morgan fingerprint density at radius 3 is 2.59 bits per heavy atom. The maximum atomic E-state index is 12.2. The molecule has 22 heavy (non-hydrogen) atoms. The fourth-order valence-corrected chi connectivity index (χ4v) is 3.00. The predicted octanol–water partition coefficient (Wildman–Crippen LogP) is 2.67. The summed E-state index contributed by atoms with van der Waals surface area (Å²) < 4.78 is 10.4. The highest BCUT2D eigenvalue weighted by Gasteiger charge is 2.22.